The molecule has 5 heteroatoms. The van der Waals surface area contributed by atoms with E-state index in [4.69, 9.17) is 20.3 Å². The first kappa shape index (κ1) is 18.3. The third-order valence-corrected chi connectivity index (χ3v) is 4.15. The molecule has 2 atom stereocenters. The molecule has 1 aromatic rings. The Balaban J connectivity index is 2.68. The predicted octanol–water partition coefficient (Wildman–Crippen LogP) is 2.71. The summed E-state index contributed by atoms with van der Waals surface area (Å²) in [4.78, 5) is 11.1. The lowest BCUT2D eigenvalue weighted by molar-refractivity contribution is -0.142. The fraction of sp³-hybridized carbons (Fsp3) is 0.588. The molecule has 1 rings (SSSR count). The molecule has 2 unspecified atom stereocenters. The maximum absolute atomic E-state index is 11.1. The van der Waals surface area contributed by atoms with E-state index in [0.29, 0.717) is 12.3 Å². The highest BCUT2D eigenvalue weighted by Crippen LogP contribution is 2.28. The molecule has 0 aliphatic rings. The molecule has 0 bridgehead atoms. The molecule has 0 aliphatic carbocycles. The number of nitrogens with two attached hydrogens (primary N) is 1. The van der Waals surface area contributed by atoms with Crippen molar-refractivity contribution in [3.05, 3.63) is 23.8 Å². The lowest BCUT2D eigenvalue weighted by Crippen LogP contribution is -2.26. The van der Waals surface area contributed by atoms with Crippen LogP contribution < -0.4 is 15.2 Å². The monoisotopic (exact) mass is 309 g/mol. The Morgan fingerprint density at radius 1 is 1.32 bits per heavy atom. The number of benzene rings is 1. The number of carboxylic acids is 1. The molecule has 5 nitrogen and oxygen atoms in total. The maximum atomic E-state index is 11.1. The van der Waals surface area contributed by atoms with Crippen LogP contribution in [-0.2, 0) is 11.2 Å². The van der Waals surface area contributed by atoms with Crippen LogP contribution in [0.1, 0.15) is 31.7 Å². The van der Waals surface area contributed by atoms with Gasteiger partial charge in [0.25, 0.3) is 0 Å². The highest BCUT2D eigenvalue weighted by Gasteiger charge is 2.20. The van der Waals surface area contributed by atoms with Crippen LogP contribution in [0.3, 0.4) is 0 Å². The van der Waals surface area contributed by atoms with Gasteiger partial charge in [0.1, 0.15) is 11.5 Å². The molecule has 0 aromatic heterocycles. The van der Waals surface area contributed by atoms with Gasteiger partial charge in [0.05, 0.1) is 20.1 Å². The van der Waals surface area contributed by atoms with Gasteiger partial charge in [-0.15, -0.1) is 0 Å². The number of methoxy groups -OCH3 is 2. The molecular weight excluding hydrogens is 282 g/mol. The second kappa shape index (κ2) is 9.30. The molecule has 0 heterocycles. The molecule has 22 heavy (non-hydrogen) atoms. The number of aliphatic carboxylic acids is 1. The van der Waals surface area contributed by atoms with Crippen molar-refractivity contribution in [2.75, 3.05) is 20.8 Å². The lowest BCUT2D eigenvalue weighted by Gasteiger charge is -2.19. The molecule has 0 amide bonds. The van der Waals surface area contributed by atoms with Gasteiger partial charge in [-0.1, -0.05) is 19.4 Å². The van der Waals surface area contributed by atoms with Gasteiger partial charge in [0.2, 0.25) is 0 Å². The van der Waals surface area contributed by atoms with E-state index in [9.17, 15) is 4.79 Å². The third kappa shape index (κ3) is 5.22. The van der Waals surface area contributed by atoms with Gasteiger partial charge in [-0.3, -0.25) is 4.79 Å². The van der Waals surface area contributed by atoms with Crippen LogP contribution in [0.2, 0.25) is 0 Å². The fourth-order valence-corrected chi connectivity index (χ4v) is 2.61. The first-order valence-electron chi connectivity index (χ1n) is 7.69. The summed E-state index contributed by atoms with van der Waals surface area (Å²) in [6.07, 6.45) is 3.34. The van der Waals surface area contributed by atoms with E-state index in [2.05, 4.69) is 6.92 Å². The van der Waals surface area contributed by atoms with Crippen LogP contribution in [-0.4, -0.2) is 31.8 Å². The van der Waals surface area contributed by atoms with E-state index in [-0.39, 0.29) is 6.54 Å². The second-order valence-corrected chi connectivity index (χ2v) is 5.50. The highest BCUT2D eigenvalue weighted by molar-refractivity contribution is 5.70. The van der Waals surface area contributed by atoms with E-state index >= 15 is 0 Å². The number of hydrogen-bond donors (Lipinski definition) is 2. The van der Waals surface area contributed by atoms with Crippen molar-refractivity contribution in [2.24, 2.45) is 17.6 Å². The highest BCUT2D eigenvalue weighted by atomic mass is 16.5. The lowest BCUT2D eigenvalue weighted by atomic mass is 9.88. The summed E-state index contributed by atoms with van der Waals surface area (Å²) in [6.45, 7) is 2.28. The van der Waals surface area contributed by atoms with Crippen molar-refractivity contribution in [1.82, 2.24) is 0 Å². The van der Waals surface area contributed by atoms with Gasteiger partial charge < -0.3 is 20.3 Å². The summed E-state index contributed by atoms with van der Waals surface area (Å²) < 4.78 is 10.6. The van der Waals surface area contributed by atoms with Gasteiger partial charge in [-0.05, 0) is 36.8 Å². The van der Waals surface area contributed by atoms with E-state index in [1.807, 2.05) is 18.2 Å². The average Bonchev–Trinajstić information content (AvgIpc) is 2.54. The zero-order chi connectivity index (χ0) is 16.5. The van der Waals surface area contributed by atoms with Crippen molar-refractivity contribution in [3.8, 4) is 11.5 Å². The van der Waals surface area contributed by atoms with E-state index < -0.39 is 11.9 Å². The third-order valence-electron chi connectivity index (χ3n) is 4.15. The molecule has 3 N–H and O–H groups in total. The normalized spacial score (nSPS) is 13.5. The molecule has 0 aliphatic heterocycles. The summed E-state index contributed by atoms with van der Waals surface area (Å²) in [7, 11) is 3.27. The summed E-state index contributed by atoms with van der Waals surface area (Å²) in [5.74, 6) is 0.659. The van der Waals surface area contributed by atoms with Crippen LogP contribution >= 0.6 is 0 Å². The van der Waals surface area contributed by atoms with Crippen LogP contribution in [0.25, 0.3) is 0 Å². The predicted molar refractivity (Wildman–Crippen MR) is 86.4 cm³/mol. The Kier molecular flexibility index (Phi) is 7.74. The summed E-state index contributed by atoms with van der Waals surface area (Å²) >= 11 is 0. The smallest absolute Gasteiger partial charge is 0.307 e. The van der Waals surface area contributed by atoms with Crippen LogP contribution in [0, 0.1) is 11.8 Å². The summed E-state index contributed by atoms with van der Waals surface area (Å²) in [5.41, 5.74) is 6.66. The Bertz CT molecular complexity index is 476. The molecule has 1 aromatic carbocycles. The standard InChI is InChI=1S/C17H27NO4/c1-4-12(9-14(11-18)17(19)20)5-6-13-7-8-15(21-2)10-16(13)22-3/h7-8,10,12,14H,4-6,9,11,18H2,1-3H3,(H,19,20). The maximum Gasteiger partial charge on any atom is 0.307 e. The van der Waals surface area contributed by atoms with Crippen molar-refractivity contribution in [2.45, 2.75) is 32.6 Å². The minimum atomic E-state index is -0.803. The van der Waals surface area contributed by atoms with E-state index in [0.717, 1.165) is 36.3 Å². The molecule has 0 radical (unpaired) electrons. The largest absolute Gasteiger partial charge is 0.497 e. The minimum absolute atomic E-state index is 0.192. The SMILES string of the molecule is CCC(CCc1ccc(OC)cc1OC)CC(CN)C(=O)O. The van der Waals surface area contributed by atoms with Crippen LogP contribution in [0.15, 0.2) is 18.2 Å². The van der Waals surface area contributed by atoms with Crippen LogP contribution in [0.4, 0.5) is 0 Å². The molecule has 0 spiro atoms. The topological polar surface area (TPSA) is 81.8 Å². The second-order valence-electron chi connectivity index (χ2n) is 5.50. The Morgan fingerprint density at radius 3 is 2.55 bits per heavy atom. The molecular formula is C17H27NO4. The minimum Gasteiger partial charge on any atom is -0.497 e. The molecule has 0 saturated carbocycles. The van der Waals surface area contributed by atoms with Crippen molar-refractivity contribution < 1.29 is 19.4 Å². The van der Waals surface area contributed by atoms with Crippen molar-refractivity contribution in [3.63, 3.8) is 0 Å². The Hall–Kier alpha value is -1.75. The van der Waals surface area contributed by atoms with Gasteiger partial charge >= 0.3 is 5.97 Å². The Morgan fingerprint density at radius 2 is 2.05 bits per heavy atom. The zero-order valence-electron chi connectivity index (χ0n) is 13.7. The number of carbonyl (C=O) groups is 1. The number of ether oxygens (including phenoxy) is 2. The number of hydrogen-bond acceptors (Lipinski definition) is 4. The number of rotatable bonds is 10. The first-order chi connectivity index (χ1) is 10.5. The van der Waals surface area contributed by atoms with Gasteiger partial charge in [0, 0.05) is 12.6 Å². The quantitative estimate of drug-likeness (QED) is 0.694. The average molecular weight is 309 g/mol. The fourth-order valence-electron chi connectivity index (χ4n) is 2.61. The van der Waals surface area contributed by atoms with Gasteiger partial charge in [-0.2, -0.15) is 0 Å². The van der Waals surface area contributed by atoms with Gasteiger partial charge in [0.15, 0.2) is 0 Å². The number of carboxylic acid groups (broad SMARTS) is 1. The van der Waals surface area contributed by atoms with E-state index in [1.165, 1.54) is 0 Å². The Labute approximate surface area is 132 Å². The molecule has 0 saturated heterocycles. The van der Waals surface area contributed by atoms with Crippen LogP contribution in [0.5, 0.6) is 11.5 Å². The molecule has 0 fully saturated rings. The molecule has 124 valence electrons. The van der Waals surface area contributed by atoms with Crippen molar-refractivity contribution in [1.29, 1.82) is 0 Å². The van der Waals surface area contributed by atoms with Crippen molar-refractivity contribution >= 4 is 5.97 Å². The summed E-state index contributed by atoms with van der Waals surface area (Å²) in [5, 5.41) is 9.13. The zero-order valence-corrected chi connectivity index (χ0v) is 13.7. The summed E-state index contributed by atoms with van der Waals surface area (Å²) in [6, 6.07) is 5.79. The van der Waals surface area contributed by atoms with E-state index in [1.54, 1.807) is 14.2 Å². The number of aryl methyl sites for hydroxylation is 1. The van der Waals surface area contributed by atoms with Gasteiger partial charge in [-0.25, -0.2) is 0 Å². The first-order valence-corrected chi connectivity index (χ1v) is 7.69.